The zero-order valence-electron chi connectivity index (χ0n) is 41.3. The summed E-state index contributed by atoms with van der Waals surface area (Å²) < 4.78 is 0. The van der Waals surface area contributed by atoms with Crippen molar-refractivity contribution in [3.05, 3.63) is 144 Å². The largest absolute Gasteiger partial charge is 0.315 e. The van der Waals surface area contributed by atoms with E-state index >= 15 is 0 Å². The Hall–Kier alpha value is -4.31. The van der Waals surface area contributed by atoms with Gasteiger partial charge in [0.1, 0.15) is 22.2 Å². The van der Waals surface area contributed by atoms with Gasteiger partial charge in [0.15, 0.2) is 23.1 Å². The zero-order valence-corrected chi connectivity index (χ0v) is 42.1. The summed E-state index contributed by atoms with van der Waals surface area (Å²) in [5.41, 5.74) is 9.20. The number of halogens is 1. The predicted molar refractivity (Wildman–Crippen MR) is 280 cm³/mol. The van der Waals surface area contributed by atoms with E-state index in [9.17, 15) is 19.2 Å². The normalized spacial score (nSPS) is 28.8. The summed E-state index contributed by atoms with van der Waals surface area (Å²) in [5.74, 6) is 1.53. The lowest BCUT2D eigenvalue weighted by atomic mass is 9.74. The van der Waals surface area contributed by atoms with Crippen molar-refractivity contribution in [2.24, 2.45) is 5.73 Å². The first-order chi connectivity index (χ1) is 33.2. The van der Waals surface area contributed by atoms with Crippen LogP contribution in [0.5, 0.6) is 0 Å². The highest BCUT2D eigenvalue weighted by Crippen LogP contribution is 2.44. The molecule has 2 N–H and O–H groups in total. The summed E-state index contributed by atoms with van der Waals surface area (Å²) in [6.07, 6.45) is 22.9. The third-order valence-corrected chi connectivity index (χ3v) is 16.7. The first-order valence-corrected chi connectivity index (χ1v) is 26.6. The average molecular weight is 956 g/mol. The third kappa shape index (κ3) is 11.3. The number of carbonyl (C=O) groups excluding carboxylic acids is 4. The summed E-state index contributed by atoms with van der Waals surface area (Å²) in [4.78, 5) is 57.1. The highest BCUT2D eigenvalue weighted by Gasteiger charge is 2.49. The predicted octanol–water partition coefficient (Wildman–Crippen LogP) is 11.8. The van der Waals surface area contributed by atoms with Gasteiger partial charge in [-0.05, 0) is 151 Å². The molecule has 4 saturated carbocycles. The fraction of sp³-hybridized carbons (Fsp3) is 0.533. The third-order valence-electron chi connectivity index (χ3n) is 16.7. The second kappa shape index (κ2) is 24.7. The number of hydrogen-bond donors (Lipinski definition) is 1. The van der Waals surface area contributed by atoms with Crippen LogP contribution in [-0.2, 0) is 41.3 Å². The van der Waals surface area contributed by atoms with E-state index in [-0.39, 0.29) is 34.8 Å². The summed E-state index contributed by atoms with van der Waals surface area (Å²) in [6, 6.07) is 41.1. The molecule has 0 aromatic heterocycles. The van der Waals surface area contributed by atoms with Crippen LogP contribution in [0, 0.1) is 0 Å². The van der Waals surface area contributed by atoms with E-state index in [0.717, 1.165) is 122 Å². The number of likely N-dealkylation sites (tertiary alicyclic amines) is 3. The van der Waals surface area contributed by atoms with E-state index in [1.54, 1.807) is 0 Å². The van der Waals surface area contributed by atoms with Gasteiger partial charge in [-0.15, -0.1) is 12.4 Å². The van der Waals surface area contributed by atoms with Crippen molar-refractivity contribution in [2.45, 2.75) is 163 Å². The molecule has 7 aliphatic rings. The van der Waals surface area contributed by atoms with Crippen molar-refractivity contribution in [1.82, 2.24) is 14.7 Å². The van der Waals surface area contributed by atoms with Crippen molar-refractivity contribution >= 4 is 35.5 Å². The van der Waals surface area contributed by atoms with Gasteiger partial charge >= 0.3 is 0 Å². The molecule has 7 fully saturated rings. The van der Waals surface area contributed by atoms with Crippen LogP contribution in [0.25, 0.3) is 0 Å². The maximum Gasteiger partial charge on any atom is 0.157 e. The van der Waals surface area contributed by atoms with Gasteiger partial charge < -0.3 is 5.73 Å². The van der Waals surface area contributed by atoms with Crippen molar-refractivity contribution in [1.29, 1.82) is 0 Å². The average Bonchev–Trinajstić information content (AvgIpc) is 4.25. The second-order valence-corrected chi connectivity index (χ2v) is 20.6. The summed E-state index contributed by atoms with van der Waals surface area (Å²) in [6.45, 7) is 6.50. The van der Waals surface area contributed by atoms with Crippen LogP contribution < -0.4 is 5.73 Å². The Balaban J connectivity index is 0.000000136. The van der Waals surface area contributed by atoms with Gasteiger partial charge in [0.2, 0.25) is 0 Å². The molecule has 0 bridgehead atoms. The van der Waals surface area contributed by atoms with Gasteiger partial charge in [-0.2, -0.15) is 0 Å². The Morgan fingerprint density at radius 3 is 0.812 bits per heavy atom. The number of hydrogen-bond acceptors (Lipinski definition) is 8. The molecule has 3 saturated heterocycles. The van der Waals surface area contributed by atoms with Gasteiger partial charge in [0.05, 0.1) is 0 Å². The molecule has 370 valence electrons. The molecule has 69 heavy (non-hydrogen) atoms. The van der Waals surface area contributed by atoms with Crippen LogP contribution in [0.4, 0.5) is 0 Å². The molecule has 9 heteroatoms. The summed E-state index contributed by atoms with van der Waals surface area (Å²) in [5, 5.41) is 0. The lowest BCUT2D eigenvalue weighted by Gasteiger charge is -2.43. The maximum absolute atomic E-state index is 12.7. The number of ketones is 4. The Bertz CT molecular complexity index is 2050. The Morgan fingerprint density at radius 1 is 0.304 bits per heavy atom. The smallest absolute Gasteiger partial charge is 0.157 e. The molecule has 4 aromatic rings. The molecule has 0 radical (unpaired) electrons. The van der Waals surface area contributed by atoms with E-state index in [1.165, 1.54) is 74.5 Å². The number of Topliss-reactive ketones (excluding diaryl/α,β-unsaturated/α-hetero) is 4. The number of nitrogens with zero attached hydrogens (tertiary/aromatic N) is 3. The van der Waals surface area contributed by atoms with Gasteiger partial charge in [-0.3, -0.25) is 33.9 Å². The second-order valence-electron chi connectivity index (χ2n) is 20.6. The van der Waals surface area contributed by atoms with Crippen LogP contribution in [0.15, 0.2) is 121 Å². The van der Waals surface area contributed by atoms with E-state index in [2.05, 4.69) is 87.5 Å². The van der Waals surface area contributed by atoms with E-state index in [0.29, 0.717) is 23.8 Å². The standard InChI is InChI=1S/3C16H21NO.C12H15NO.ClH/c3*18-15-10-4-5-11-16(15,17-12-6-7-13-17)14-8-2-1-3-9-14;13-12(9-5-4-8-11(12)14)10-6-2-1-3-7-10;/h3*1-3,8-9H,4-7,10-13H2;1-3,6-7H,4-5,8-9,13H2;1H/t2*16-;;;/m10.../s1. The molecule has 3 heterocycles. The highest BCUT2D eigenvalue weighted by molar-refractivity contribution is 5.92. The van der Waals surface area contributed by atoms with Crippen LogP contribution in [0.1, 0.15) is 164 Å². The first-order valence-electron chi connectivity index (χ1n) is 26.6. The first kappa shape index (κ1) is 52.5. The molecule has 4 aromatic carbocycles. The molecule has 3 aliphatic heterocycles. The molecule has 0 spiro atoms. The van der Waals surface area contributed by atoms with E-state index in [4.69, 9.17) is 5.73 Å². The number of nitrogens with two attached hydrogens (primary N) is 1. The zero-order chi connectivity index (χ0) is 47.3. The number of rotatable bonds is 7. The van der Waals surface area contributed by atoms with Crippen LogP contribution in [-0.4, -0.2) is 77.1 Å². The van der Waals surface area contributed by atoms with Gasteiger partial charge in [-0.1, -0.05) is 147 Å². The van der Waals surface area contributed by atoms with Crippen molar-refractivity contribution in [3.63, 3.8) is 0 Å². The van der Waals surface area contributed by atoms with E-state index < -0.39 is 5.54 Å². The topological polar surface area (TPSA) is 104 Å². The monoisotopic (exact) mass is 955 g/mol. The van der Waals surface area contributed by atoms with Crippen LogP contribution in [0.2, 0.25) is 0 Å². The SMILES string of the molecule is Cl.NC1(c2ccccc2)CCCCC1=O.O=C1CCCCC1(c1ccccc1)N1CCCC1.O=C1CCCC[C@@]1(c1ccccc1)N1CCCC1.O=C1CCCC[C@]1(c1ccccc1)N1CCCC1. The molecule has 11 rings (SSSR count). The van der Waals surface area contributed by atoms with Crippen molar-refractivity contribution < 1.29 is 19.2 Å². The fourth-order valence-corrected chi connectivity index (χ4v) is 13.0. The highest BCUT2D eigenvalue weighted by atomic mass is 35.5. The Labute approximate surface area is 419 Å². The molecule has 0 amide bonds. The fourth-order valence-electron chi connectivity index (χ4n) is 13.0. The summed E-state index contributed by atoms with van der Waals surface area (Å²) >= 11 is 0. The van der Waals surface area contributed by atoms with Gasteiger partial charge in [-0.25, -0.2) is 0 Å². The van der Waals surface area contributed by atoms with Gasteiger partial charge in [0, 0.05) is 25.7 Å². The Kier molecular flexibility index (Phi) is 18.8. The molecular weight excluding hydrogens is 876 g/mol. The minimum absolute atomic E-state index is 0. The van der Waals surface area contributed by atoms with Crippen molar-refractivity contribution in [3.8, 4) is 0 Å². The van der Waals surface area contributed by atoms with Crippen molar-refractivity contribution in [2.75, 3.05) is 39.3 Å². The molecular formula is C60H79ClN4O4. The molecule has 8 nitrogen and oxygen atoms in total. The van der Waals surface area contributed by atoms with Gasteiger partial charge in [0.25, 0.3) is 0 Å². The van der Waals surface area contributed by atoms with Crippen LogP contribution >= 0.6 is 12.4 Å². The number of benzene rings is 4. The quantitative estimate of drug-likeness (QED) is 0.195. The molecule has 2 unspecified atom stereocenters. The van der Waals surface area contributed by atoms with Crippen LogP contribution in [0.3, 0.4) is 0 Å². The maximum atomic E-state index is 12.7. The Morgan fingerprint density at radius 2 is 0.551 bits per heavy atom. The minimum Gasteiger partial charge on any atom is -0.315 e. The molecule has 4 aliphatic carbocycles. The summed E-state index contributed by atoms with van der Waals surface area (Å²) in [7, 11) is 0. The lowest BCUT2D eigenvalue weighted by Crippen LogP contribution is -2.52. The molecule has 4 atom stereocenters. The van der Waals surface area contributed by atoms with E-state index in [1.807, 2.05) is 48.5 Å². The minimum atomic E-state index is -0.709. The number of carbonyl (C=O) groups is 4. The lowest BCUT2D eigenvalue weighted by molar-refractivity contribution is -0.135.